The van der Waals surface area contributed by atoms with Crippen LogP contribution in [0.3, 0.4) is 0 Å². The molecule has 0 amide bonds. The minimum absolute atomic E-state index is 0.134. The summed E-state index contributed by atoms with van der Waals surface area (Å²) in [5.74, 6) is -0.230. The summed E-state index contributed by atoms with van der Waals surface area (Å²) in [5.41, 5.74) is 5.25. The normalized spacial score (nSPS) is 17.5. The Morgan fingerprint density at radius 2 is 0.930 bits per heavy atom. The molecule has 0 atom stereocenters. The van der Waals surface area contributed by atoms with Gasteiger partial charge < -0.3 is 33.2 Å². The Bertz CT molecular complexity index is 2850. The Kier molecular flexibility index (Phi) is 15.8. The van der Waals surface area contributed by atoms with E-state index in [4.69, 9.17) is 33.1 Å². The summed E-state index contributed by atoms with van der Waals surface area (Å²) in [6, 6.07) is 32.7. The Morgan fingerprint density at radius 3 is 1.32 bits per heavy atom. The fraction of sp³-hybridized carbons (Fsp3) is 0.444. The molecule has 2 fully saturated rings. The van der Waals surface area contributed by atoms with Crippen molar-refractivity contribution in [2.24, 2.45) is 0 Å². The molecule has 13 nitrogen and oxygen atoms in total. The highest BCUT2D eigenvalue weighted by molar-refractivity contribution is 6.76. The van der Waals surface area contributed by atoms with Gasteiger partial charge in [-0.1, -0.05) is 112 Å². The number of fused-ring (bicyclic) bond motifs is 2. The maximum Gasteiger partial charge on any atom is 0.494 e. The Balaban J connectivity index is 0.000000209. The lowest BCUT2D eigenvalue weighted by atomic mass is 9.78. The van der Waals surface area contributed by atoms with Gasteiger partial charge in [-0.25, -0.2) is 14.8 Å². The molecule has 2 aromatic heterocycles. The van der Waals surface area contributed by atoms with Crippen molar-refractivity contribution in [2.75, 3.05) is 13.2 Å². The van der Waals surface area contributed by atoms with E-state index >= 15 is 0 Å². The van der Waals surface area contributed by atoms with Gasteiger partial charge in [-0.05, 0) is 108 Å². The lowest BCUT2D eigenvalue weighted by molar-refractivity contribution is -0.131. The van der Waals surface area contributed by atoms with Crippen LogP contribution in [-0.4, -0.2) is 102 Å². The van der Waals surface area contributed by atoms with Gasteiger partial charge in [-0.2, -0.15) is 0 Å². The molecule has 0 unspecified atom stereocenters. The van der Waals surface area contributed by atoms with E-state index in [1.54, 1.807) is 0 Å². The van der Waals surface area contributed by atoms with E-state index in [0.717, 1.165) is 50.6 Å². The van der Waals surface area contributed by atoms with Crippen molar-refractivity contribution in [3.05, 3.63) is 126 Å². The molecule has 0 saturated carbocycles. The monoisotopic (exact) mass is 999 g/mol. The van der Waals surface area contributed by atoms with Crippen LogP contribution in [-0.2, 0) is 46.3 Å². The molecule has 4 heterocycles. The third-order valence-corrected chi connectivity index (χ3v) is 17.3. The fourth-order valence-electron chi connectivity index (χ4n) is 7.96. The second kappa shape index (κ2) is 20.9. The summed E-state index contributed by atoms with van der Waals surface area (Å²) in [4.78, 5) is 34.8. The fourth-order valence-corrected chi connectivity index (χ4v) is 9.47. The highest BCUT2D eigenvalue weighted by Crippen LogP contribution is 2.38. The summed E-state index contributed by atoms with van der Waals surface area (Å²) >= 11 is 0. The average molecular weight is 999 g/mol. The molecule has 17 heteroatoms. The van der Waals surface area contributed by atoms with Gasteiger partial charge in [-0.3, -0.25) is 13.9 Å². The third-order valence-electron chi connectivity index (χ3n) is 13.9. The van der Waals surface area contributed by atoms with Crippen LogP contribution in [0.4, 0.5) is 0 Å². The number of carbonyl (C=O) groups excluding carboxylic acids is 1. The van der Waals surface area contributed by atoms with Crippen LogP contribution < -0.4 is 10.9 Å². The van der Waals surface area contributed by atoms with Crippen molar-refractivity contribution in [3.8, 4) is 0 Å². The number of hydrogen-bond donors (Lipinski definition) is 1. The number of aliphatic carboxylic acids is 1. The van der Waals surface area contributed by atoms with E-state index in [9.17, 15) is 14.7 Å². The molecule has 6 aromatic rings. The van der Waals surface area contributed by atoms with Crippen molar-refractivity contribution >= 4 is 80.7 Å². The Labute approximate surface area is 422 Å². The number of carboxylic acids is 1. The van der Waals surface area contributed by atoms with E-state index in [-0.39, 0.29) is 5.78 Å². The standard InChI is InChI=1S/C28H37BN2O5Si.C26H35BN2O4Si/c1-27(2)28(3,4)36-29(35-27)21-14-12-20(13-15-21)22(18-25(32)33)26-30-23-10-8-9-11-24(23)31(26)19-34-16-17-37(5,6)7;1-25(2)26(3,4)33-27(32-25)20-14-12-19(13-15-20)23(30)24-28-21-10-8-9-11-22(21)29(24)18-31-16-17-34(5,6)7/h8-15,18H,16-17,19H2,1-7H3,(H,32,33);8-15H,16-18H2,1-7H3. The first-order valence-corrected chi connectivity index (χ1v) is 32.0. The van der Waals surface area contributed by atoms with Gasteiger partial charge in [0.15, 0.2) is 5.82 Å². The Morgan fingerprint density at radius 1 is 0.563 bits per heavy atom. The van der Waals surface area contributed by atoms with Gasteiger partial charge in [0.1, 0.15) is 19.3 Å². The van der Waals surface area contributed by atoms with E-state index < -0.39 is 58.8 Å². The smallest absolute Gasteiger partial charge is 0.478 e. The van der Waals surface area contributed by atoms with E-state index in [0.29, 0.717) is 49.5 Å². The summed E-state index contributed by atoms with van der Waals surface area (Å²) < 4.78 is 40.5. The number of para-hydroxylation sites is 4. The van der Waals surface area contributed by atoms with E-state index in [1.165, 1.54) is 6.08 Å². The number of nitrogens with zero attached hydrogens (tertiary/aromatic N) is 4. The maximum atomic E-state index is 13.5. The highest BCUT2D eigenvalue weighted by Gasteiger charge is 2.52. The number of carbonyl (C=O) groups is 2. The van der Waals surface area contributed by atoms with Gasteiger partial charge in [0.25, 0.3) is 0 Å². The zero-order chi connectivity index (χ0) is 51.7. The van der Waals surface area contributed by atoms with Crippen LogP contribution in [0.5, 0.6) is 0 Å². The molecule has 376 valence electrons. The molecule has 71 heavy (non-hydrogen) atoms. The number of carboxylic acid groups (broad SMARTS) is 1. The van der Waals surface area contributed by atoms with Gasteiger partial charge >= 0.3 is 20.2 Å². The first kappa shape index (κ1) is 53.8. The Hall–Kier alpha value is -4.98. The lowest BCUT2D eigenvalue weighted by Gasteiger charge is -2.32. The van der Waals surface area contributed by atoms with Crippen molar-refractivity contribution < 1.29 is 42.8 Å². The quantitative estimate of drug-likeness (QED) is 0.0403. The molecule has 1 N–H and O–H groups in total. The number of imidazole rings is 2. The van der Waals surface area contributed by atoms with Crippen molar-refractivity contribution in [1.29, 1.82) is 0 Å². The van der Waals surface area contributed by atoms with Crippen molar-refractivity contribution in [1.82, 2.24) is 19.1 Å². The molecule has 0 radical (unpaired) electrons. The van der Waals surface area contributed by atoms with Gasteiger partial charge in [0, 0.05) is 46.6 Å². The largest absolute Gasteiger partial charge is 0.494 e. The first-order valence-electron chi connectivity index (χ1n) is 24.6. The second-order valence-corrected chi connectivity index (χ2v) is 34.3. The molecule has 2 aliphatic heterocycles. The van der Waals surface area contributed by atoms with Crippen LogP contribution >= 0.6 is 0 Å². The second-order valence-electron chi connectivity index (χ2n) is 23.0. The molecular weight excluding hydrogens is 926 g/mol. The summed E-state index contributed by atoms with van der Waals surface area (Å²) in [5, 5.41) is 9.74. The number of ketones is 1. The number of hydrogen-bond acceptors (Lipinski definition) is 10. The summed E-state index contributed by atoms with van der Waals surface area (Å²) in [6.07, 6.45) is 1.21. The average Bonchev–Trinajstić information content (AvgIpc) is 3.97. The van der Waals surface area contributed by atoms with Crippen LogP contribution in [0, 0.1) is 0 Å². The van der Waals surface area contributed by atoms with Crippen LogP contribution in [0.1, 0.15) is 83.0 Å². The van der Waals surface area contributed by atoms with Crippen molar-refractivity contribution in [2.45, 2.75) is 143 Å². The minimum Gasteiger partial charge on any atom is -0.478 e. The van der Waals surface area contributed by atoms with Gasteiger partial charge in [0.05, 0.1) is 44.5 Å². The predicted octanol–water partition coefficient (Wildman–Crippen LogP) is 10.0. The van der Waals surface area contributed by atoms with Crippen LogP contribution in [0.25, 0.3) is 27.6 Å². The van der Waals surface area contributed by atoms with Gasteiger partial charge in [-0.15, -0.1) is 0 Å². The third kappa shape index (κ3) is 12.6. The first-order chi connectivity index (χ1) is 33.2. The summed E-state index contributed by atoms with van der Waals surface area (Å²) in [6.45, 7) is 32.0. The molecule has 4 aromatic carbocycles. The SMILES string of the molecule is CC1(C)OB(c2ccc(C(=CC(=O)O)c3nc4ccccc4n3COCC[Si](C)(C)C)cc2)OC1(C)C.CC1(C)OB(c2ccc(C(=O)c3nc4ccccc4n3COCC[Si](C)(C)C)cc2)OC1(C)C. The zero-order valence-corrected chi connectivity index (χ0v) is 46.2. The minimum atomic E-state index is -1.24. The highest BCUT2D eigenvalue weighted by atomic mass is 28.3. The topological polar surface area (TPSA) is 145 Å². The molecule has 2 aliphatic rings. The molecular formula is C54H72B2N4O9Si2. The predicted molar refractivity (Wildman–Crippen MR) is 290 cm³/mol. The van der Waals surface area contributed by atoms with E-state index in [2.05, 4.69) is 44.3 Å². The number of ether oxygens (including phenoxy) is 2. The van der Waals surface area contributed by atoms with Gasteiger partial charge in [0.2, 0.25) is 5.78 Å². The maximum absolute atomic E-state index is 13.5. The number of benzene rings is 4. The molecule has 8 rings (SSSR count). The lowest BCUT2D eigenvalue weighted by Crippen LogP contribution is -2.41. The van der Waals surface area contributed by atoms with E-state index in [1.807, 2.05) is 162 Å². The molecule has 2 saturated heterocycles. The molecule has 0 spiro atoms. The van der Waals surface area contributed by atoms with Crippen LogP contribution in [0.15, 0.2) is 103 Å². The number of aromatic nitrogens is 4. The van der Waals surface area contributed by atoms with Crippen LogP contribution in [0.2, 0.25) is 51.4 Å². The molecule has 0 bridgehead atoms. The molecule has 0 aliphatic carbocycles. The van der Waals surface area contributed by atoms with Crippen molar-refractivity contribution in [3.63, 3.8) is 0 Å². The number of rotatable bonds is 17. The summed E-state index contributed by atoms with van der Waals surface area (Å²) in [7, 11) is -3.38. The zero-order valence-electron chi connectivity index (χ0n) is 44.2.